The van der Waals surface area contributed by atoms with Crippen LogP contribution < -0.4 is 5.73 Å². The number of nitrogens with zero attached hydrogens (tertiary/aromatic N) is 4. The van der Waals surface area contributed by atoms with Gasteiger partial charge in [-0.3, -0.25) is 0 Å². The van der Waals surface area contributed by atoms with Crippen LogP contribution in [-0.2, 0) is 28.6 Å². The molecule has 1 atom stereocenters. The van der Waals surface area contributed by atoms with Gasteiger partial charge >= 0.3 is 0 Å². The van der Waals surface area contributed by atoms with E-state index in [-0.39, 0.29) is 11.4 Å². The summed E-state index contributed by atoms with van der Waals surface area (Å²) in [5, 5.41) is 0. The van der Waals surface area contributed by atoms with Gasteiger partial charge in [-0.2, -0.15) is 17.0 Å². The summed E-state index contributed by atoms with van der Waals surface area (Å²) < 4.78 is 29.5. The summed E-state index contributed by atoms with van der Waals surface area (Å²) in [6.45, 7) is 1.36. The Morgan fingerprint density at radius 3 is 2.81 bits per heavy atom. The summed E-state index contributed by atoms with van der Waals surface area (Å²) in [5.41, 5.74) is 8.59. The third-order valence-electron chi connectivity index (χ3n) is 5.77. The van der Waals surface area contributed by atoms with Gasteiger partial charge in [0.05, 0.1) is 5.69 Å². The second-order valence-electron chi connectivity index (χ2n) is 7.57. The molecule has 1 aromatic heterocycles. The summed E-state index contributed by atoms with van der Waals surface area (Å²) in [7, 11) is -1.90. The molecule has 0 bridgehead atoms. The Balaban J connectivity index is 1.57. The van der Waals surface area contributed by atoms with Crippen LogP contribution in [0.15, 0.2) is 36.5 Å². The van der Waals surface area contributed by atoms with Crippen molar-refractivity contribution in [1.82, 2.24) is 18.6 Å². The molecule has 0 radical (unpaired) electrons. The Kier molecular flexibility index (Phi) is 4.65. The maximum absolute atomic E-state index is 13.2. The van der Waals surface area contributed by atoms with E-state index in [0.717, 1.165) is 42.5 Å². The number of aromatic nitrogens is 2. The van der Waals surface area contributed by atoms with Crippen LogP contribution in [0.1, 0.15) is 36.1 Å². The first-order valence-corrected chi connectivity index (χ1v) is 10.7. The first-order valence-electron chi connectivity index (χ1n) is 9.28. The molecule has 2 N–H and O–H groups in total. The molecule has 1 aromatic carbocycles. The number of fused-ring (bicyclic) bond motifs is 2. The van der Waals surface area contributed by atoms with E-state index in [0.29, 0.717) is 19.6 Å². The third-order valence-corrected chi connectivity index (χ3v) is 7.65. The minimum Gasteiger partial charge on any atom is -0.368 e. The van der Waals surface area contributed by atoms with Gasteiger partial charge in [0.2, 0.25) is 5.95 Å². The van der Waals surface area contributed by atoms with Crippen LogP contribution >= 0.6 is 0 Å². The molecule has 27 heavy (non-hydrogen) atoms. The van der Waals surface area contributed by atoms with Crippen LogP contribution in [0.4, 0.5) is 5.95 Å². The van der Waals surface area contributed by atoms with Gasteiger partial charge in [-0.05, 0) is 36.8 Å². The molecule has 1 fully saturated rings. The Labute approximate surface area is 160 Å². The van der Waals surface area contributed by atoms with Crippen molar-refractivity contribution in [1.29, 1.82) is 0 Å². The normalized spacial score (nSPS) is 23.0. The predicted octanol–water partition coefficient (Wildman–Crippen LogP) is 1.72. The van der Waals surface area contributed by atoms with Crippen molar-refractivity contribution in [3.05, 3.63) is 53.3 Å². The minimum atomic E-state index is -3.54. The number of nitrogen functional groups attached to an aromatic ring is 1. The van der Waals surface area contributed by atoms with Gasteiger partial charge in [-0.15, -0.1) is 0 Å². The van der Waals surface area contributed by atoms with Crippen molar-refractivity contribution >= 4 is 16.2 Å². The number of anilines is 1. The number of hydrogen-bond acceptors (Lipinski definition) is 5. The molecular formula is C19H25N5O2S. The van der Waals surface area contributed by atoms with E-state index in [1.165, 1.54) is 4.31 Å². The second-order valence-corrected chi connectivity index (χ2v) is 9.60. The standard InChI is InChI=1S/C19H25N5O2S/c1-23(13-15-6-3-2-4-7-15)27(25,26)24-11-5-9-19(14-24)10-8-16-12-21-18(20)22-17(16)19/h2-4,6-7,12H,5,8-11,13-14H2,1H3,(H2,20,21,22). The Morgan fingerprint density at radius 1 is 1.26 bits per heavy atom. The Hall–Kier alpha value is -2.03. The first kappa shape index (κ1) is 18.3. The summed E-state index contributed by atoms with van der Waals surface area (Å²) >= 11 is 0. The molecule has 1 aliphatic carbocycles. The van der Waals surface area contributed by atoms with E-state index in [2.05, 4.69) is 9.97 Å². The maximum atomic E-state index is 13.2. The van der Waals surface area contributed by atoms with E-state index in [1.807, 2.05) is 30.3 Å². The van der Waals surface area contributed by atoms with Crippen LogP contribution in [0.25, 0.3) is 0 Å². The first-order chi connectivity index (χ1) is 12.9. The van der Waals surface area contributed by atoms with Gasteiger partial charge < -0.3 is 5.73 Å². The lowest BCUT2D eigenvalue weighted by Gasteiger charge is -2.41. The second kappa shape index (κ2) is 6.85. The molecular weight excluding hydrogens is 362 g/mol. The molecule has 2 heterocycles. The fourth-order valence-corrected chi connectivity index (χ4v) is 5.83. The van der Waals surface area contributed by atoms with Gasteiger partial charge in [0.15, 0.2) is 0 Å². The zero-order valence-corrected chi connectivity index (χ0v) is 16.3. The third kappa shape index (κ3) is 3.33. The molecule has 1 spiro atoms. The summed E-state index contributed by atoms with van der Waals surface area (Å²) in [4.78, 5) is 8.59. The maximum Gasteiger partial charge on any atom is 0.282 e. The zero-order valence-electron chi connectivity index (χ0n) is 15.5. The molecule has 2 aromatic rings. The largest absolute Gasteiger partial charge is 0.368 e. The molecule has 2 aliphatic rings. The number of piperidine rings is 1. The molecule has 1 saturated heterocycles. The average Bonchev–Trinajstić information content (AvgIpc) is 3.00. The molecule has 8 heteroatoms. The number of nitrogens with two attached hydrogens (primary N) is 1. The van der Waals surface area contributed by atoms with Crippen molar-refractivity contribution in [3.63, 3.8) is 0 Å². The molecule has 1 unspecified atom stereocenters. The lowest BCUT2D eigenvalue weighted by Crippen LogP contribution is -2.51. The zero-order chi connectivity index (χ0) is 19.1. The smallest absolute Gasteiger partial charge is 0.282 e. The van der Waals surface area contributed by atoms with Crippen molar-refractivity contribution in [2.75, 3.05) is 25.9 Å². The summed E-state index contributed by atoms with van der Waals surface area (Å²) in [6, 6.07) is 9.65. The van der Waals surface area contributed by atoms with Crippen LogP contribution in [0.3, 0.4) is 0 Å². The van der Waals surface area contributed by atoms with Crippen LogP contribution in [0, 0.1) is 0 Å². The molecule has 0 saturated carbocycles. The number of hydrogen-bond donors (Lipinski definition) is 1. The molecule has 144 valence electrons. The molecule has 4 rings (SSSR count). The molecule has 1 aliphatic heterocycles. The number of rotatable bonds is 4. The topological polar surface area (TPSA) is 92.4 Å². The SMILES string of the molecule is CN(Cc1ccccc1)S(=O)(=O)N1CCCC2(CCc3cnc(N)nc32)C1. The Bertz CT molecular complexity index is 930. The molecule has 0 amide bonds. The van der Waals surface area contributed by atoms with E-state index < -0.39 is 10.2 Å². The van der Waals surface area contributed by atoms with Crippen molar-refractivity contribution in [2.24, 2.45) is 0 Å². The van der Waals surface area contributed by atoms with Gasteiger partial charge in [0.1, 0.15) is 0 Å². The highest BCUT2D eigenvalue weighted by Crippen LogP contribution is 2.44. The fraction of sp³-hybridized carbons (Fsp3) is 0.474. The Morgan fingerprint density at radius 2 is 2.04 bits per heavy atom. The monoisotopic (exact) mass is 387 g/mol. The average molecular weight is 388 g/mol. The lowest BCUT2D eigenvalue weighted by atomic mass is 9.78. The van der Waals surface area contributed by atoms with E-state index in [1.54, 1.807) is 17.5 Å². The van der Waals surface area contributed by atoms with Gasteiger partial charge in [-0.1, -0.05) is 30.3 Å². The highest BCUT2D eigenvalue weighted by atomic mass is 32.2. The highest BCUT2D eigenvalue weighted by molar-refractivity contribution is 7.86. The van der Waals surface area contributed by atoms with E-state index >= 15 is 0 Å². The van der Waals surface area contributed by atoms with Crippen LogP contribution in [0.2, 0.25) is 0 Å². The highest BCUT2D eigenvalue weighted by Gasteiger charge is 2.46. The van der Waals surface area contributed by atoms with Crippen molar-refractivity contribution in [3.8, 4) is 0 Å². The minimum absolute atomic E-state index is 0.245. The van der Waals surface area contributed by atoms with Gasteiger partial charge in [0, 0.05) is 38.3 Å². The number of aryl methyl sites for hydroxylation is 1. The van der Waals surface area contributed by atoms with Crippen molar-refractivity contribution < 1.29 is 8.42 Å². The predicted molar refractivity (Wildman–Crippen MR) is 104 cm³/mol. The lowest BCUT2D eigenvalue weighted by molar-refractivity contribution is 0.209. The van der Waals surface area contributed by atoms with Crippen molar-refractivity contribution in [2.45, 2.75) is 37.6 Å². The molecule has 7 nitrogen and oxygen atoms in total. The van der Waals surface area contributed by atoms with Gasteiger partial charge in [0.25, 0.3) is 10.2 Å². The van der Waals surface area contributed by atoms with Crippen LogP contribution in [0.5, 0.6) is 0 Å². The van der Waals surface area contributed by atoms with E-state index in [4.69, 9.17) is 5.73 Å². The van der Waals surface area contributed by atoms with Crippen LogP contribution in [-0.4, -0.2) is 47.1 Å². The summed E-state index contributed by atoms with van der Waals surface area (Å²) in [5.74, 6) is 0.260. The summed E-state index contributed by atoms with van der Waals surface area (Å²) in [6.07, 6.45) is 5.33. The quantitative estimate of drug-likeness (QED) is 0.862. The fourth-order valence-electron chi connectivity index (χ4n) is 4.36. The number of benzene rings is 1. The van der Waals surface area contributed by atoms with Gasteiger partial charge in [-0.25, -0.2) is 9.97 Å². The van der Waals surface area contributed by atoms with E-state index in [9.17, 15) is 8.42 Å².